The Labute approximate surface area is 129 Å². The summed E-state index contributed by atoms with van der Waals surface area (Å²) in [5.41, 5.74) is 3.27. The molecule has 2 rings (SSSR count). The normalized spacial score (nSPS) is 11.0. The number of hydrogen-bond donors (Lipinski definition) is 0. The van der Waals surface area contributed by atoms with Gasteiger partial charge in [-0.3, -0.25) is 0 Å². The molecule has 2 aromatic rings. The van der Waals surface area contributed by atoms with Crippen molar-refractivity contribution in [3.8, 4) is 0 Å². The molecule has 0 saturated carbocycles. The van der Waals surface area contributed by atoms with Crippen molar-refractivity contribution in [2.75, 3.05) is 7.05 Å². The molecule has 0 unspecified atom stereocenters. The molecule has 0 aliphatic heterocycles. The average Bonchev–Trinajstić information content (AvgIpc) is 2.40. The molecule has 4 heteroatoms. The Balaban J connectivity index is 2.01. The number of nitrogens with zero attached hydrogens (tertiary/aromatic N) is 2. The van der Waals surface area contributed by atoms with Crippen molar-refractivity contribution < 1.29 is 0 Å². The maximum absolute atomic E-state index is 5.93. The lowest BCUT2D eigenvalue weighted by Gasteiger charge is -2.11. The van der Waals surface area contributed by atoms with Crippen LogP contribution in [-0.4, -0.2) is 17.7 Å². The summed E-state index contributed by atoms with van der Waals surface area (Å²) in [6.45, 7) is 4.09. The number of hydrogen-bond acceptors (Lipinski definition) is 2. The first kappa shape index (κ1) is 14.9. The Hall–Kier alpha value is -1.45. The van der Waals surface area contributed by atoms with Crippen LogP contribution in [0.5, 0.6) is 0 Å². The van der Waals surface area contributed by atoms with Crippen molar-refractivity contribution in [1.82, 2.24) is 4.31 Å². The smallest absolute Gasteiger partial charge is 0.101 e. The van der Waals surface area contributed by atoms with Crippen LogP contribution in [0.25, 0.3) is 0 Å². The van der Waals surface area contributed by atoms with E-state index in [0.717, 1.165) is 16.3 Å². The zero-order valence-corrected chi connectivity index (χ0v) is 13.4. The first-order valence-corrected chi connectivity index (χ1v) is 7.47. The molecular formula is C16H17ClN2S. The fourth-order valence-electron chi connectivity index (χ4n) is 1.70. The van der Waals surface area contributed by atoms with E-state index < -0.39 is 0 Å². The molecule has 0 aliphatic rings. The van der Waals surface area contributed by atoms with Gasteiger partial charge in [-0.25, -0.2) is 4.99 Å². The Morgan fingerprint density at radius 3 is 2.45 bits per heavy atom. The Bertz CT molecular complexity index is 608. The largest absolute Gasteiger partial charge is 0.306 e. The molecule has 0 aromatic heterocycles. The first-order chi connectivity index (χ1) is 9.54. The van der Waals surface area contributed by atoms with E-state index in [2.05, 4.69) is 36.2 Å². The highest BCUT2D eigenvalue weighted by Gasteiger charge is 1.99. The van der Waals surface area contributed by atoms with Gasteiger partial charge in [-0.2, -0.15) is 0 Å². The van der Waals surface area contributed by atoms with Gasteiger partial charge >= 0.3 is 0 Å². The first-order valence-electron chi connectivity index (χ1n) is 6.32. The fourth-order valence-corrected chi connectivity index (χ4v) is 2.61. The number of rotatable bonds is 4. The maximum Gasteiger partial charge on any atom is 0.101 e. The molecule has 104 valence electrons. The molecule has 0 saturated heterocycles. The highest BCUT2D eigenvalue weighted by atomic mass is 35.5. The predicted octanol–water partition coefficient (Wildman–Crippen LogP) is 5.26. The lowest BCUT2D eigenvalue weighted by atomic mass is 10.2. The highest BCUT2D eigenvalue weighted by molar-refractivity contribution is 7.97. The summed E-state index contributed by atoms with van der Waals surface area (Å²) in [6, 6.07) is 14.1. The Morgan fingerprint density at radius 1 is 1.10 bits per heavy atom. The van der Waals surface area contributed by atoms with Gasteiger partial charge in [0, 0.05) is 17.0 Å². The van der Waals surface area contributed by atoms with Crippen LogP contribution in [0.3, 0.4) is 0 Å². The van der Waals surface area contributed by atoms with Gasteiger partial charge in [-0.15, -0.1) is 0 Å². The van der Waals surface area contributed by atoms with E-state index in [1.807, 2.05) is 42.8 Å². The second-order valence-electron chi connectivity index (χ2n) is 4.63. The molecule has 0 amide bonds. The molecule has 2 nitrogen and oxygen atoms in total. The van der Waals surface area contributed by atoms with Crippen molar-refractivity contribution in [1.29, 1.82) is 0 Å². The highest BCUT2D eigenvalue weighted by Crippen LogP contribution is 2.24. The Morgan fingerprint density at radius 2 is 1.80 bits per heavy atom. The van der Waals surface area contributed by atoms with Crippen molar-refractivity contribution in [2.24, 2.45) is 4.99 Å². The molecule has 0 radical (unpaired) electrons. The maximum atomic E-state index is 5.93. The molecule has 0 heterocycles. The minimum absolute atomic E-state index is 0.740. The van der Waals surface area contributed by atoms with Crippen LogP contribution >= 0.6 is 23.5 Å². The molecule has 0 N–H and O–H groups in total. The monoisotopic (exact) mass is 304 g/mol. The zero-order valence-electron chi connectivity index (χ0n) is 11.8. The third-order valence-electron chi connectivity index (χ3n) is 2.79. The Kier molecular flexibility index (Phi) is 5.10. The van der Waals surface area contributed by atoms with Crippen LogP contribution in [0.4, 0.5) is 5.69 Å². The van der Waals surface area contributed by atoms with Crippen LogP contribution in [-0.2, 0) is 0 Å². The van der Waals surface area contributed by atoms with Gasteiger partial charge in [0.2, 0.25) is 0 Å². The van der Waals surface area contributed by atoms with E-state index in [0.29, 0.717) is 0 Å². The summed E-state index contributed by atoms with van der Waals surface area (Å²) < 4.78 is 1.98. The molecule has 0 fully saturated rings. The van der Waals surface area contributed by atoms with Crippen LogP contribution in [0.2, 0.25) is 5.02 Å². The fraction of sp³-hybridized carbons (Fsp3) is 0.188. The summed E-state index contributed by atoms with van der Waals surface area (Å²) in [4.78, 5) is 5.67. The third kappa shape index (κ3) is 4.29. The summed E-state index contributed by atoms with van der Waals surface area (Å²) in [5, 5.41) is 0.740. The number of halogens is 1. The van der Waals surface area contributed by atoms with Crippen LogP contribution in [0, 0.1) is 13.8 Å². The minimum atomic E-state index is 0.740. The van der Waals surface area contributed by atoms with Gasteiger partial charge in [-0.05, 0) is 61.7 Å². The second kappa shape index (κ2) is 6.82. The van der Waals surface area contributed by atoms with Crippen molar-refractivity contribution in [3.05, 3.63) is 58.6 Å². The number of aliphatic imine (C=N–C) groups is 1. The third-order valence-corrected chi connectivity index (χ3v) is 3.89. The standard InChI is InChI=1S/C16H17ClN2S/c1-12-4-7-15(8-5-12)20-19(3)11-18-16-9-6-14(17)10-13(16)2/h4-11H,1-3H3/b18-11+. The van der Waals surface area contributed by atoms with Crippen LogP contribution in [0.1, 0.15) is 11.1 Å². The SMILES string of the molecule is Cc1ccc(SN(C)/C=N/c2ccc(Cl)cc2C)cc1. The minimum Gasteiger partial charge on any atom is -0.306 e. The summed E-state index contributed by atoms with van der Waals surface area (Å²) >= 11 is 7.57. The summed E-state index contributed by atoms with van der Waals surface area (Å²) in [6.07, 6.45) is 1.82. The van der Waals surface area contributed by atoms with Gasteiger partial charge in [0.05, 0.1) is 5.69 Å². The van der Waals surface area contributed by atoms with Gasteiger partial charge in [-0.1, -0.05) is 29.3 Å². The molecule has 0 bridgehead atoms. The molecular weight excluding hydrogens is 288 g/mol. The number of aryl methyl sites for hydroxylation is 2. The summed E-state index contributed by atoms with van der Waals surface area (Å²) in [7, 11) is 1.99. The lowest BCUT2D eigenvalue weighted by Crippen LogP contribution is -2.04. The van der Waals surface area contributed by atoms with E-state index in [1.165, 1.54) is 10.5 Å². The quantitative estimate of drug-likeness (QED) is 0.435. The van der Waals surface area contributed by atoms with Gasteiger partial charge in [0.15, 0.2) is 0 Å². The molecule has 0 aliphatic carbocycles. The van der Waals surface area contributed by atoms with E-state index >= 15 is 0 Å². The zero-order chi connectivity index (χ0) is 14.5. The van der Waals surface area contributed by atoms with Gasteiger partial charge in [0.1, 0.15) is 6.34 Å². The van der Waals surface area contributed by atoms with E-state index in [9.17, 15) is 0 Å². The van der Waals surface area contributed by atoms with Crippen LogP contribution in [0.15, 0.2) is 52.4 Å². The topological polar surface area (TPSA) is 15.6 Å². The molecule has 2 aromatic carbocycles. The molecule has 0 atom stereocenters. The van der Waals surface area contributed by atoms with Crippen molar-refractivity contribution in [2.45, 2.75) is 18.7 Å². The lowest BCUT2D eigenvalue weighted by molar-refractivity contribution is 0.869. The van der Waals surface area contributed by atoms with Crippen molar-refractivity contribution in [3.63, 3.8) is 0 Å². The van der Waals surface area contributed by atoms with E-state index in [4.69, 9.17) is 11.6 Å². The summed E-state index contributed by atoms with van der Waals surface area (Å²) in [5.74, 6) is 0. The second-order valence-corrected chi connectivity index (χ2v) is 6.29. The van der Waals surface area contributed by atoms with Gasteiger partial charge in [0.25, 0.3) is 0 Å². The van der Waals surface area contributed by atoms with Gasteiger partial charge < -0.3 is 4.31 Å². The van der Waals surface area contributed by atoms with Crippen molar-refractivity contribution >= 4 is 35.6 Å². The predicted molar refractivity (Wildman–Crippen MR) is 89.1 cm³/mol. The molecule has 0 spiro atoms. The van der Waals surface area contributed by atoms with E-state index in [-0.39, 0.29) is 0 Å². The van der Waals surface area contributed by atoms with E-state index in [1.54, 1.807) is 11.9 Å². The molecule has 20 heavy (non-hydrogen) atoms. The number of benzene rings is 2. The average molecular weight is 305 g/mol. The van der Waals surface area contributed by atoms with Crippen LogP contribution < -0.4 is 0 Å².